The Hall–Kier alpha value is -0.610. The van der Waals surface area contributed by atoms with Crippen LogP contribution >= 0.6 is 0 Å². The summed E-state index contributed by atoms with van der Waals surface area (Å²) in [6, 6.07) is 0. The number of carbonyl (C=O) groups is 1. The molecule has 0 saturated carbocycles. The highest BCUT2D eigenvalue weighted by Crippen LogP contribution is 2.24. The maximum atomic E-state index is 12.5. The molecular formula is C15H28N2O2. The van der Waals surface area contributed by atoms with E-state index in [9.17, 15) is 4.79 Å². The summed E-state index contributed by atoms with van der Waals surface area (Å²) in [7, 11) is 1.76. The number of rotatable bonds is 4. The summed E-state index contributed by atoms with van der Waals surface area (Å²) in [5.41, 5.74) is 0. The molecule has 2 rings (SSSR count). The van der Waals surface area contributed by atoms with Crippen LogP contribution in [-0.4, -0.2) is 50.7 Å². The molecule has 2 saturated heterocycles. The molecule has 1 amide bonds. The van der Waals surface area contributed by atoms with E-state index in [4.69, 9.17) is 4.74 Å². The first-order chi connectivity index (χ1) is 9.31. The Morgan fingerprint density at radius 2 is 2.00 bits per heavy atom. The van der Waals surface area contributed by atoms with Gasteiger partial charge in [-0.15, -0.1) is 0 Å². The molecule has 1 N–H and O–H groups in total. The van der Waals surface area contributed by atoms with Gasteiger partial charge >= 0.3 is 0 Å². The highest BCUT2D eigenvalue weighted by atomic mass is 16.5. The molecule has 0 aromatic carbocycles. The van der Waals surface area contributed by atoms with E-state index in [1.807, 2.05) is 0 Å². The number of hydrogen-bond donors (Lipinski definition) is 1. The van der Waals surface area contributed by atoms with Crippen LogP contribution in [0.15, 0.2) is 0 Å². The fourth-order valence-corrected chi connectivity index (χ4v) is 3.25. The number of hydrogen-bond acceptors (Lipinski definition) is 3. The number of amides is 1. The van der Waals surface area contributed by atoms with Gasteiger partial charge in [0.1, 0.15) is 0 Å². The van der Waals surface area contributed by atoms with Crippen LogP contribution in [0.25, 0.3) is 0 Å². The second kappa shape index (κ2) is 7.85. The Kier molecular flexibility index (Phi) is 6.11. The molecule has 1 atom stereocenters. The molecule has 4 heteroatoms. The fraction of sp³-hybridized carbons (Fsp3) is 0.933. The summed E-state index contributed by atoms with van der Waals surface area (Å²) in [6.45, 7) is 4.84. The quantitative estimate of drug-likeness (QED) is 0.843. The summed E-state index contributed by atoms with van der Waals surface area (Å²) < 4.78 is 5.14. The lowest BCUT2D eigenvalue weighted by atomic mass is 9.92. The predicted molar refractivity (Wildman–Crippen MR) is 76.0 cm³/mol. The molecule has 0 aromatic heterocycles. The molecule has 4 nitrogen and oxygen atoms in total. The lowest BCUT2D eigenvalue weighted by Gasteiger charge is -2.34. The second-order valence-electron chi connectivity index (χ2n) is 5.93. The zero-order valence-electron chi connectivity index (χ0n) is 12.2. The first-order valence-corrected chi connectivity index (χ1v) is 7.79. The maximum Gasteiger partial charge on any atom is 0.225 e. The normalized spacial score (nSPS) is 26.2. The van der Waals surface area contributed by atoms with Crippen LogP contribution in [0.2, 0.25) is 0 Å². The molecule has 110 valence electrons. The molecule has 0 radical (unpaired) electrons. The van der Waals surface area contributed by atoms with Crippen molar-refractivity contribution in [1.29, 1.82) is 0 Å². The van der Waals surface area contributed by atoms with E-state index < -0.39 is 0 Å². The van der Waals surface area contributed by atoms with Gasteiger partial charge < -0.3 is 15.0 Å². The molecule has 0 spiro atoms. The molecule has 0 aliphatic carbocycles. The summed E-state index contributed by atoms with van der Waals surface area (Å²) >= 11 is 0. The van der Waals surface area contributed by atoms with E-state index in [1.54, 1.807) is 7.11 Å². The third kappa shape index (κ3) is 4.46. The summed E-state index contributed by atoms with van der Waals surface area (Å²) in [4.78, 5) is 14.6. The number of carbonyl (C=O) groups excluding carboxylic acids is 1. The number of nitrogens with one attached hydrogen (secondary N) is 1. The zero-order chi connectivity index (χ0) is 13.5. The summed E-state index contributed by atoms with van der Waals surface area (Å²) in [6.07, 6.45) is 6.67. The average Bonchev–Trinajstić information content (AvgIpc) is 2.74. The van der Waals surface area contributed by atoms with Crippen LogP contribution in [0.3, 0.4) is 0 Å². The van der Waals surface area contributed by atoms with Gasteiger partial charge in [0.2, 0.25) is 5.91 Å². The van der Waals surface area contributed by atoms with E-state index in [2.05, 4.69) is 10.2 Å². The van der Waals surface area contributed by atoms with E-state index in [0.29, 0.717) is 5.91 Å². The van der Waals surface area contributed by atoms with Crippen molar-refractivity contribution in [3.05, 3.63) is 0 Å². The maximum absolute atomic E-state index is 12.5. The smallest absolute Gasteiger partial charge is 0.225 e. The number of likely N-dealkylation sites (tertiary alicyclic amines) is 1. The van der Waals surface area contributed by atoms with Crippen LogP contribution in [0.5, 0.6) is 0 Å². The van der Waals surface area contributed by atoms with Gasteiger partial charge in [-0.3, -0.25) is 4.79 Å². The van der Waals surface area contributed by atoms with Crippen LogP contribution in [-0.2, 0) is 9.53 Å². The van der Waals surface area contributed by atoms with Crippen molar-refractivity contribution >= 4 is 5.91 Å². The van der Waals surface area contributed by atoms with Gasteiger partial charge in [-0.05, 0) is 57.5 Å². The van der Waals surface area contributed by atoms with Crippen LogP contribution < -0.4 is 5.32 Å². The molecule has 0 bridgehead atoms. The Labute approximate surface area is 116 Å². The molecule has 2 fully saturated rings. The largest absolute Gasteiger partial charge is 0.385 e. The van der Waals surface area contributed by atoms with Gasteiger partial charge in [0, 0.05) is 32.7 Å². The molecule has 2 aliphatic rings. The molecular weight excluding hydrogens is 240 g/mol. The van der Waals surface area contributed by atoms with Crippen LogP contribution in [0.1, 0.15) is 38.5 Å². The van der Waals surface area contributed by atoms with Crippen molar-refractivity contribution in [2.45, 2.75) is 38.5 Å². The highest BCUT2D eigenvalue weighted by molar-refractivity contribution is 5.79. The number of methoxy groups -OCH3 is 1. The lowest BCUT2D eigenvalue weighted by molar-refractivity contribution is -0.137. The topological polar surface area (TPSA) is 41.6 Å². The third-order valence-corrected chi connectivity index (χ3v) is 4.58. The SMILES string of the molecule is COCCC1CCN(C(=O)C2CCCNCC2)CC1. The molecule has 0 aromatic rings. The highest BCUT2D eigenvalue weighted by Gasteiger charge is 2.28. The molecule has 2 heterocycles. The minimum absolute atomic E-state index is 0.269. The fourth-order valence-electron chi connectivity index (χ4n) is 3.25. The first kappa shape index (κ1) is 14.8. The minimum Gasteiger partial charge on any atom is -0.385 e. The Balaban J connectivity index is 1.75. The van der Waals surface area contributed by atoms with Crippen molar-refractivity contribution in [3.63, 3.8) is 0 Å². The Bertz CT molecular complexity index is 267. The van der Waals surface area contributed by atoms with Gasteiger partial charge in [-0.2, -0.15) is 0 Å². The number of piperidine rings is 1. The third-order valence-electron chi connectivity index (χ3n) is 4.58. The predicted octanol–water partition coefficient (Wildman–Crippen LogP) is 1.65. The van der Waals surface area contributed by atoms with Crippen molar-refractivity contribution in [2.24, 2.45) is 11.8 Å². The van der Waals surface area contributed by atoms with E-state index >= 15 is 0 Å². The standard InChI is InChI=1S/C15H28N2O2/c1-19-12-7-13-5-10-17(11-6-13)15(18)14-3-2-8-16-9-4-14/h13-14,16H,2-12H2,1H3. The van der Waals surface area contributed by atoms with Gasteiger partial charge in [0.15, 0.2) is 0 Å². The number of ether oxygens (including phenoxy) is 1. The van der Waals surface area contributed by atoms with E-state index in [0.717, 1.165) is 77.2 Å². The molecule has 2 aliphatic heterocycles. The summed E-state index contributed by atoms with van der Waals surface area (Å²) in [5, 5.41) is 3.38. The van der Waals surface area contributed by atoms with E-state index in [-0.39, 0.29) is 5.92 Å². The number of nitrogens with zero attached hydrogens (tertiary/aromatic N) is 1. The molecule has 1 unspecified atom stereocenters. The van der Waals surface area contributed by atoms with Crippen molar-refractivity contribution < 1.29 is 9.53 Å². The van der Waals surface area contributed by atoms with Crippen LogP contribution in [0.4, 0.5) is 0 Å². The van der Waals surface area contributed by atoms with Gasteiger partial charge in [0.25, 0.3) is 0 Å². The average molecular weight is 268 g/mol. The Morgan fingerprint density at radius 1 is 1.21 bits per heavy atom. The molecule has 19 heavy (non-hydrogen) atoms. The van der Waals surface area contributed by atoms with E-state index in [1.165, 1.54) is 0 Å². The van der Waals surface area contributed by atoms with Gasteiger partial charge in [-0.25, -0.2) is 0 Å². The zero-order valence-corrected chi connectivity index (χ0v) is 12.2. The lowest BCUT2D eigenvalue weighted by Crippen LogP contribution is -2.42. The van der Waals surface area contributed by atoms with Crippen LogP contribution in [0, 0.1) is 11.8 Å². The van der Waals surface area contributed by atoms with Crippen molar-refractivity contribution in [2.75, 3.05) is 39.9 Å². The van der Waals surface area contributed by atoms with Crippen molar-refractivity contribution in [3.8, 4) is 0 Å². The van der Waals surface area contributed by atoms with Gasteiger partial charge in [0.05, 0.1) is 0 Å². The van der Waals surface area contributed by atoms with Gasteiger partial charge in [-0.1, -0.05) is 0 Å². The summed E-state index contributed by atoms with van der Waals surface area (Å²) in [5.74, 6) is 1.43. The minimum atomic E-state index is 0.269. The van der Waals surface area contributed by atoms with Crippen molar-refractivity contribution in [1.82, 2.24) is 10.2 Å². The second-order valence-corrected chi connectivity index (χ2v) is 5.93. The Morgan fingerprint density at radius 3 is 2.74 bits per heavy atom. The monoisotopic (exact) mass is 268 g/mol. The first-order valence-electron chi connectivity index (χ1n) is 7.79.